The standard InChI is InChI=1S/C7H13NO3/c1-6(9)2-4-8-5-3-7(10)11-8/h6,9H,2-5H2,1H3. The monoisotopic (exact) mass is 159 g/mol. The molecule has 0 radical (unpaired) electrons. The highest BCUT2D eigenvalue weighted by Crippen LogP contribution is 2.06. The molecule has 1 aliphatic heterocycles. The summed E-state index contributed by atoms with van der Waals surface area (Å²) in [6, 6.07) is 0. The fourth-order valence-corrected chi connectivity index (χ4v) is 0.940. The third-order valence-electron chi connectivity index (χ3n) is 1.59. The Morgan fingerprint density at radius 2 is 2.55 bits per heavy atom. The predicted octanol–water partition coefficient (Wildman–Crippen LogP) is -0.0788. The van der Waals surface area contributed by atoms with Gasteiger partial charge in [0.15, 0.2) is 0 Å². The van der Waals surface area contributed by atoms with Gasteiger partial charge in [0, 0.05) is 13.1 Å². The molecule has 1 fully saturated rings. The molecule has 1 rings (SSSR count). The Hall–Kier alpha value is -0.610. The number of nitrogens with zero attached hydrogens (tertiary/aromatic N) is 1. The van der Waals surface area contributed by atoms with Crippen LogP contribution in [0.5, 0.6) is 0 Å². The maximum absolute atomic E-state index is 10.6. The van der Waals surface area contributed by atoms with Crippen molar-refractivity contribution in [2.45, 2.75) is 25.9 Å². The van der Waals surface area contributed by atoms with Gasteiger partial charge in [-0.25, -0.2) is 0 Å². The Bertz CT molecular complexity index is 147. The van der Waals surface area contributed by atoms with Crippen LogP contribution in [-0.4, -0.2) is 35.3 Å². The van der Waals surface area contributed by atoms with E-state index in [1.54, 1.807) is 12.0 Å². The SMILES string of the molecule is CC(O)CCN1CCC(=O)O1. The summed E-state index contributed by atoms with van der Waals surface area (Å²) >= 11 is 0. The second-order valence-corrected chi connectivity index (χ2v) is 2.78. The van der Waals surface area contributed by atoms with Crippen molar-refractivity contribution in [1.82, 2.24) is 5.06 Å². The Labute approximate surface area is 65.7 Å². The number of aliphatic hydroxyl groups is 1. The van der Waals surface area contributed by atoms with E-state index in [1.807, 2.05) is 0 Å². The summed E-state index contributed by atoms with van der Waals surface area (Å²) in [7, 11) is 0. The molecule has 1 aliphatic rings. The van der Waals surface area contributed by atoms with E-state index in [4.69, 9.17) is 9.94 Å². The molecule has 4 heteroatoms. The van der Waals surface area contributed by atoms with E-state index in [0.29, 0.717) is 25.9 Å². The molecule has 4 nitrogen and oxygen atoms in total. The van der Waals surface area contributed by atoms with E-state index >= 15 is 0 Å². The Morgan fingerprint density at radius 3 is 3.00 bits per heavy atom. The van der Waals surface area contributed by atoms with Gasteiger partial charge in [0.1, 0.15) is 0 Å². The van der Waals surface area contributed by atoms with Crippen molar-refractivity contribution in [2.75, 3.05) is 13.1 Å². The van der Waals surface area contributed by atoms with Crippen molar-refractivity contribution >= 4 is 5.97 Å². The van der Waals surface area contributed by atoms with Crippen molar-refractivity contribution in [3.8, 4) is 0 Å². The van der Waals surface area contributed by atoms with Gasteiger partial charge in [0.05, 0.1) is 12.5 Å². The summed E-state index contributed by atoms with van der Waals surface area (Å²) in [5.74, 6) is -0.171. The van der Waals surface area contributed by atoms with E-state index in [1.165, 1.54) is 0 Å². The summed E-state index contributed by atoms with van der Waals surface area (Å²) in [6.07, 6.45) is 0.793. The van der Waals surface area contributed by atoms with Crippen LogP contribution in [0.25, 0.3) is 0 Å². The molecule has 0 aromatic carbocycles. The molecule has 0 bridgehead atoms. The van der Waals surface area contributed by atoms with Crippen molar-refractivity contribution < 1.29 is 14.7 Å². The average molecular weight is 159 g/mol. The lowest BCUT2D eigenvalue weighted by atomic mass is 10.3. The maximum Gasteiger partial charge on any atom is 0.326 e. The van der Waals surface area contributed by atoms with Gasteiger partial charge in [0.25, 0.3) is 0 Å². The Morgan fingerprint density at radius 1 is 1.82 bits per heavy atom. The largest absolute Gasteiger partial charge is 0.393 e. The van der Waals surface area contributed by atoms with E-state index in [0.717, 1.165) is 0 Å². The lowest BCUT2D eigenvalue weighted by Crippen LogP contribution is -2.22. The molecule has 0 saturated carbocycles. The summed E-state index contributed by atoms with van der Waals surface area (Å²) in [4.78, 5) is 15.4. The minimum absolute atomic E-state index is 0.171. The fraction of sp³-hybridized carbons (Fsp3) is 0.857. The molecule has 0 aromatic heterocycles. The molecule has 1 unspecified atom stereocenters. The van der Waals surface area contributed by atoms with Gasteiger partial charge in [-0.05, 0) is 13.3 Å². The molecular formula is C7H13NO3. The first-order valence-corrected chi connectivity index (χ1v) is 3.82. The first kappa shape index (κ1) is 8.49. The third-order valence-corrected chi connectivity index (χ3v) is 1.59. The van der Waals surface area contributed by atoms with Crippen LogP contribution in [0, 0.1) is 0 Å². The molecule has 1 N–H and O–H groups in total. The number of rotatable bonds is 3. The molecule has 0 aliphatic carbocycles. The van der Waals surface area contributed by atoms with Crippen molar-refractivity contribution in [3.63, 3.8) is 0 Å². The molecule has 1 heterocycles. The number of hydroxylamine groups is 2. The second-order valence-electron chi connectivity index (χ2n) is 2.78. The molecule has 0 amide bonds. The second kappa shape index (κ2) is 3.69. The van der Waals surface area contributed by atoms with Crippen LogP contribution >= 0.6 is 0 Å². The van der Waals surface area contributed by atoms with Gasteiger partial charge < -0.3 is 9.94 Å². The molecule has 0 spiro atoms. The van der Waals surface area contributed by atoms with Crippen LogP contribution in [0.15, 0.2) is 0 Å². The molecular weight excluding hydrogens is 146 g/mol. The third kappa shape index (κ3) is 2.86. The quantitative estimate of drug-likeness (QED) is 0.625. The highest BCUT2D eigenvalue weighted by atomic mass is 16.7. The van der Waals surface area contributed by atoms with E-state index in [-0.39, 0.29) is 12.1 Å². The smallest absolute Gasteiger partial charge is 0.326 e. The predicted molar refractivity (Wildman–Crippen MR) is 38.6 cm³/mol. The maximum atomic E-state index is 10.6. The molecule has 0 aromatic rings. The van der Waals surface area contributed by atoms with Crippen molar-refractivity contribution in [3.05, 3.63) is 0 Å². The zero-order valence-electron chi connectivity index (χ0n) is 6.62. The van der Waals surface area contributed by atoms with Crippen LogP contribution in [0.1, 0.15) is 19.8 Å². The zero-order chi connectivity index (χ0) is 8.27. The minimum atomic E-state index is -0.325. The molecule has 1 atom stereocenters. The van der Waals surface area contributed by atoms with Gasteiger partial charge >= 0.3 is 5.97 Å². The van der Waals surface area contributed by atoms with E-state index in [2.05, 4.69) is 0 Å². The minimum Gasteiger partial charge on any atom is -0.393 e. The summed E-state index contributed by atoms with van der Waals surface area (Å²) in [5, 5.41) is 10.5. The van der Waals surface area contributed by atoms with Crippen LogP contribution < -0.4 is 0 Å². The van der Waals surface area contributed by atoms with Crippen LogP contribution in [0.4, 0.5) is 0 Å². The highest BCUT2D eigenvalue weighted by Gasteiger charge is 2.20. The van der Waals surface area contributed by atoms with Crippen molar-refractivity contribution in [2.24, 2.45) is 0 Å². The lowest BCUT2D eigenvalue weighted by Gasteiger charge is -2.12. The van der Waals surface area contributed by atoms with Gasteiger partial charge in [-0.2, -0.15) is 0 Å². The summed E-state index contributed by atoms with van der Waals surface area (Å²) < 4.78 is 0. The summed E-state index contributed by atoms with van der Waals surface area (Å²) in [5.41, 5.74) is 0. The first-order chi connectivity index (χ1) is 5.18. The lowest BCUT2D eigenvalue weighted by molar-refractivity contribution is -0.170. The average Bonchev–Trinajstić information content (AvgIpc) is 2.31. The fourth-order valence-electron chi connectivity index (χ4n) is 0.940. The molecule has 64 valence electrons. The van der Waals surface area contributed by atoms with Crippen LogP contribution in [-0.2, 0) is 9.63 Å². The number of carbonyl (C=O) groups is 1. The topological polar surface area (TPSA) is 49.8 Å². The Kier molecular flexibility index (Phi) is 2.84. The zero-order valence-corrected chi connectivity index (χ0v) is 6.62. The number of hydrogen-bond acceptors (Lipinski definition) is 4. The Balaban J connectivity index is 2.13. The van der Waals surface area contributed by atoms with E-state index in [9.17, 15) is 4.79 Å². The van der Waals surface area contributed by atoms with Gasteiger partial charge in [-0.1, -0.05) is 0 Å². The molecule has 11 heavy (non-hydrogen) atoms. The number of aliphatic hydroxyl groups excluding tert-OH is 1. The number of carbonyl (C=O) groups excluding carboxylic acids is 1. The summed E-state index contributed by atoms with van der Waals surface area (Å²) in [6.45, 7) is 3.01. The van der Waals surface area contributed by atoms with Gasteiger partial charge in [-0.15, -0.1) is 5.06 Å². The number of hydrogen-bond donors (Lipinski definition) is 1. The first-order valence-electron chi connectivity index (χ1n) is 3.82. The molecule has 1 saturated heterocycles. The van der Waals surface area contributed by atoms with Gasteiger partial charge in [-0.3, -0.25) is 4.79 Å². The van der Waals surface area contributed by atoms with Gasteiger partial charge in [0.2, 0.25) is 0 Å². The van der Waals surface area contributed by atoms with Crippen molar-refractivity contribution in [1.29, 1.82) is 0 Å². The van der Waals surface area contributed by atoms with E-state index < -0.39 is 0 Å². The highest BCUT2D eigenvalue weighted by molar-refractivity contribution is 5.70. The van der Waals surface area contributed by atoms with Crippen LogP contribution in [0.2, 0.25) is 0 Å². The van der Waals surface area contributed by atoms with Crippen LogP contribution in [0.3, 0.4) is 0 Å². The normalized spacial score (nSPS) is 21.8.